The molecule has 1 N–H and O–H groups in total. The molecule has 3 rings (SSSR count). The van der Waals surface area contributed by atoms with Crippen LogP contribution in [0.4, 0.5) is 0 Å². The Balaban J connectivity index is 1.86. The van der Waals surface area contributed by atoms with Crippen molar-refractivity contribution in [2.45, 2.75) is 39.2 Å². The van der Waals surface area contributed by atoms with E-state index in [2.05, 4.69) is 26.7 Å². The van der Waals surface area contributed by atoms with Gasteiger partial charge in [-0.15, -0.1) is 0 Å². The van der Waals surface area contributed by atoms with Crippen LogP contribution in [-0.4, -0.2) is 19.7 Å². The van der Waals surface area contributed by atoms with Crippen LogP contribution >= 0.6 is 12.2 Å². The quantitative estimate of drug-likeness (QED) is 0.873. The largest absolute Gasteiger partial charge is 0.300 e. The zero-order valence-corrected chi connectivity index (χ0v) is 12.6. The summed E-state index contributed by atoms with van der Waals surface area (Å²) in [5.41, 5.74) is 1.02. The fraction of sp³-hybridized carbons (Fsp3) is 0.533. The van der Waals surface area contributed by atoms with E-state index in [-0.39, 0.29) is 0 Å². The van der Waals surface area contributed by atoms with Crippen LogP contribution in [0.1, 0.15) is 32.6 Å². The van der Waals surface area contributed by atoms with E-state index in [9.17, 15) is 0 Å². The molecule has 2 aromatic heterocycles. The minimum Gasteiger partial charge on any atom is -0.300 e. The number of pyridine rings is 1. The first-order valence-corrected chi connectivity index (χ1v) is 7.70. The highest BCUT2D eigenvalue weighted by atomic mass is 32.1. The maximum Gasteiger partial charge on any atom is 0.195 e. The van der Waals surface area contributed by atoms with Crippen molar-refractivity contribution < 1.29 is 0 Å². The van der Waals surface area contributed by atoms with Gasteiger partial charge in [-0.05, 0) is 49.0 Å². The monoisotopic (exact) mass is 288 g/mol. The molecule has 2 unspecified atom stereocenters. The number of nitrogens with zero attached hydrogens (tertiary/aromatic N) is 3. The summed E-state index contributed by atoms with van der Waals surface area (Å²) in [6.07, 6.45) is 8.90. The van der Waals surface area contributed by atoms with Gasteiger partial charge in [0.05, 0.1) is 0 Å². The van der Waals surface area contributed by atoms with Gasteiger partial charge in [0.15, 0.2) is 10.6 Å². The molecule has 1 saturated carbocycles. The lowest BCUT2D eigenvalue weighted by atomic mass is 9.82. The third-order valence-corrected chi connectivity index (χ3v) is 4.48. The van der Waals surface area contributed by atoms with E-state index in [0.717, 1.165) is 23.9 Å². The lowest BCUT2D eigenvalue weighted by Gasteiger charge is -2.27. The molecule has 0 aromatic carbocycles. The number of H-pyrrole nitrogens is 1. The van der Waals surface area contributed by atoms with Crippen LogP contribution in [0.3, 0.4) is 0 Å². The van der Waals surface area contributed by atoms with Crippen LogP contribution in [0.5, 0.6) is 0 Å². The molecule has 1 aliphatic carbocycles. The van der Waals surface area contributed by atoms with Gasteiger partial charge in [-0.25, -0.2) is 0 Å². The van der Waals surface area contributed by atoms with Crippen molar-refractivity contribution in [3.8, 4) is 11.4 Å². The molecule has 20 heavy (non-hydrogen) atoms. The highest BCUT2D eigenvalue weighted by Gasteiger charge is 2.21. The summed E-state index contributed by atoms with van der Waals surface area (Å²) in [5, 5.41) is 7.30. The van der Waals surface area contributed by atoms with Gasteiger partial charge in [0.25, 0.3) is 0 Å². The van der Waals surface area contributed by atoms with Gasteiger partial charge >= 0.3 is 0 Å². The molecule has 0 aliphatic heterocycles. The summed E-state index contributed by atoms with van der Waals surface area (Å²) >= 11 is 5.40. The zero-order chi connectivity index (χ0) is 13.9. The molecule has 106 valence electrons. The highest BCUT2D eigenvalue weighted by Crippen LogP contribution is 2.30. The second-order valence-corrected chi connectivity index (χ2v) is 6.23. The maximum absolute atomic E-state index is 5.40. The van der Waals surface area contributed by atoms with E-state index >= 15 is 0 Å². The Hall–Kier alpha value is -1.49. The number of hydrogen-bond donors (Lipinski definition) is 1. The average molecular weight is 288 g/mol. The first-order valence-electron chi connectivity index (χ1n) is 7.29. The van der Waals surface area contributed by atoms with E-state index in [4.69, 9.17) is 12.2 Å². The summed E-state index contributed by atoms with van der Waals surface area (Å²) in [5.74, 6) is 2.44. The third-order valence-electron chi connectivity index (χ3n) is 4.16. The predicted octanol–water partition coefficient (Wildman–Crippen LogP) is 3.83. The van der Waals surface area contributed by atoms with Crippen molar-refractivity contribution in [3.63, 3.8) is 0 Å². The summed E-state index contributed by atoms with van der Waals surface area (Å²) in [4.78, 5) is 4.17. The van der Waals surface area contributed by atoms with Gasteiger partial charge in [0, 0.05) is 24.5 Å². The predicted molar refractivity (Wildman–Crippen MR) is 81.8 cm³/mol. The van der Waals surface area contributed by atoms with Gasteiger partial charge < -0.3 is 0 Å². The van der Waals surface area contributed by atoms with E-state index in [0.29, 0.717) is 10.7 Å². The molecule has 1 aliphatic rings. The standard InChI is InChI=1S/C15H20N4S/c1-11-4-2-5-12(8-11)10-19-14(17-18-15(19)20)13-6-3-7-16-9-13/h3,6-7,9,11-12H,2,4-5,8,10H2,1H3,(H,18,20). The Bertz CT molecular complexity index is 616. The number of rotatable bonds is 3. The molecule has 0 radical (unpaired) electrons. The van der Waals surface area contributed by atoms with Crippen molar-refractivity contribution in [2.75, 3.05) is 0 Å². The summed E-state index contributed by atoms with van der Waals surface area (Å²) in [7, 11) is 0. The molecule has 0 spiro atoms. The Kier molecular flexibility index (Phi) is 3.96. The minimum absolute atomic E-state index is 0.707. The van der Waals surface area contributed by atoms with E-state index in [1.165, 1.54) is 25.7 Å². The van der Waals surface area contributed by atoms with Crippen LogP contribution < -0.4 is 0 Å². The molecule has 2 heterocycles. The number of hydrogen-bond acceptors (Lipinski definition) is 3. The highest BCUT2D eigenvalue weighted by molar-refractivity contribution is 7.71. The van der Waals surface area contributed by atoms with Crippen molar-refractivity contribution >= 4 is 12.2 Å². The van der Waals surface area contributed by atoms with Crippen LogP contribution in [0, 0.1) is 16.6 Å². The van der Waals surface area contributed by atoms with Crippen molar-refractivity contribution in [1.82, 2.24) is 19.7 Å². The van der Waals surface area contributed by atoms with E-state index in [1.54, 1.807) is 6.20 Å². The minimum atomic E-state index is 0.707. The number of nitrogens with one attached hydrogen (secondary N) is 1. The van der Waals surface area contributed by atoms with Crippen molar-refractivity contribution in [3.05, 3.63) is 29.3 Å². The second-order valence-electron chi connectivity index (χ2n) is 5.84. The Labute approximate surface area is 124 Å². The molecule has 0 amide bonds. The first kappa shape index (κ1) is 13.5. The van der Waals surface area contributed by atoms with Crippen molar-refractivity contribution in [2.24, 2.45) is 11.8 Å². The molecule has 4 nitrogen and oxygen atoms in total. The lowest BCUT2D eigenvalue weighted by Crippen LogP contribution is -2.19. The average Bonchev–Trinajstić information content (AvgIpc) is 2.81. The summed E-state index contributed by atoms with van der Waals surface area (Å²) < 4.78 is 2.84. The zero-order valence-electron chi connectivity index (χ0n) is 11.7. The molecule has 2 aromatic rings. The van der Waals surface area contributed by atoms with Gasteiger partial charge in [-0.3, -0.25) is 14.6 Å². The van der Waals surface area contributed by atoms with Crippen LogP contribution in [0.15, 0.2) is 24.5 Å². The van der Waals surface area contributed by atoms with Crippen LogP contribution in [-0.2, 0) is 6.54 Å². The van der Waals surface area contributed by atoms with Gasteiger partial charge in [0.1, 0.15) is 0 Å². The topological polar surface area (TPSA) is 46.5 Å². The Morgan fingerprint density at radius 2 is 2.35 bits per heavy atom. The summed E-state index contributed by atoms with van der Waals surface area (Å²) in [6, 6.07) is 3.96. The number of aromatic amines is 1. The molecular formula is C15H20N4S. The molecule has 1 fully saturated rings. The molecular weight excluding hydrogens is 268 g/mol. The maximum atomic E-state index is 5.40. The molecule has 0 bridgehead atoms. The lowest BCUT2D eigenvalue weighted by molar-refractivity contribution is 0.257. The van der Waals surface area contributed by atoms with Gasteiger partial charge in [-0.2, -0.15) is 5.10 Å². The van der Waals surface area contributed by atoms with Gasteiger partial charge in [0.2, 0.25) is 0 Å². The van der Waals surface area contributed by atoms with Gasteiger partial charge in [-0.1, -0.05) is 19.8 Å². The normalized spacial score (nSPS) is 22.9. The first-order chi connectivity index (χ1) is 9.74. The molecule has 5 heteroatoms. The third kappa shape index (κ3) is 2.82. The second kappa shape index (κ2) is 5.87. The van der Waals surface area contributed by atoms with Crippen molar-refractivity contribution in [1.29, 1.82) is 0 Å². The Morgan fingerprint density at radius 1 is 1.45 bits per heavy atom. The fourth-order valence-electron chi connectivity index (χ4n) is 3.19. The van der Waals surface area contributed by atoms with E-state index in [1.807, 2.05) is 18.3 Å². The van der Waals surface area contributed by atoms with Crippen LogP contribution in [0.2, 0.25) is 0 Å². The molecule has 2 atom stereocenters. The smallest absolute Gasteiger partial charge is 0.195 e. The SMILES string of the molecule is CC1CCCC(Cn2c(-c3cccnc3)n[nH]c2=S)C1. The van der Waals surface area contributed by atoms with Crippen LogP contribution in [0.25, 0.3) is 11.4 Å². The summed E-state index contributed by atoms with van der Waals surface area (Å²) in [6.45, 7) is 3.31. The Morgan fingerprint density at radius 3 is 3.10 bits per heavy atom. The number of aromatic nitrogens is 4. The molecule has 0 saturated heterocycles. The fourth-order valence-corrected chi connectivity index (χ4v) is 3.39. The van der Waals surface area contributed by atoms with E-state index < -0.39 is 0 Å².